The highest BCUT2D eigenvalue weighted by molar-refractivity contribution is 5.67. The molecule has 1 N–H and O–H groups in total. The van der Waals surface area contributed by atoms with Crippen molar-refractivity contribution in [1.82, 2.24) is 10.3 Å². The summed E-state index contributed by atoms with van der Waals surface area (Å²) in [5.74, 6) is 0.686. The first-order valence-corrected chi connectivity index (χ1v) is 9.34. The Bertz CT molecular complexity index is 875. The quantitative estimate of drug-likeness (QED) is 0.809. The van der Waals surface area contributed by atoms with E-state index < -0.39 is 11.7 Å². The largest absolute Gasteiger partial charge is 0.491 e. The molecule has 1 aliphatic carbocycles. The number of nitrogens with one attached hydrogen (secondary N) is 1. The molecule has 0 spiro atoms. The van der Waals surface area contributed by atoms with Gasteiger partial charge in [-0.1, -0.05) is 12.1 Å². The molecule has 3 rings (SSSR count). The zero-order chi connectivity index (χ0) is 20.2. The van der Waals surface area contributed by atoms with Crippen LogP contribution in [0.25, 0.3) is 11.1 Å². The second-order valence-electron chi connectivity index (χ2n) is 8.24. The lowest BCUT2D eigenvalue weighted by atomic mass is 10.1. The molecule has 1 heterocycles. The van der Waals surface area contributed by atoms with Gasteiger partial charge in [0.05, 0.1) is 24.4 Å². The summed E-state index contributed by atoms with van der Waals surface area (Å²) in [6.45, 7) is 6.58. The van der Waals surface area contributed by atoms with E-state index >= 15 is 0 Å². The number of carbonyl (C=O) groups is 1. The van der Waals surface area contributed by atoms with Crippen molar-refractivity contribution >= 4 is 6.09 Å². The van der Waals surface area contributed by atoms with Gasteiger partial charge in [-0.2, -0.15) is 5.26 Å². The van der Waals surface area contributed by atoms with Gasteiger partial charge in [0.1, 0.15) is 11.4 Å². The minimum Gasteiger partial charge on any atom is -0.491 e. The maximum absolute atomic E-state index is 11.9. The molecule has 0 unspecified atom stereocenters. The van der Waals surface area contributed by atoms with Gasteiger partial charge in [-0.05, 0) is 57.4 Å². The van der Waals surface area contributed by atoms with Gasteiger partial charge in [0, 0.05) is 23.7 Å². The van der Waals surface area contributed by atoms with Crippen LogP contribution in [-0.4, -0.2) is 29.8 Å². The Morgan fingerprint density at radius 3 is 2.54 bits per heavy atom. The molecule has 0 aliphatic heterocycles. The molecule has 0 bridgehead atoms. The molecule has 1 aliphatic rings. The van der Waals surface area contributed by atoms with E-state index in [0.717, 1.165) is 24.0 Å². The lowest BCUT2D eigenvalue weighted by Gasteiger charge is -2.22. The van der Waals surface area contributed by atoms with Crippen molar-refractivity contribution in [1.29, 1.82) is 5.26 Å². The van der Waals surface area contributed by atoms with E-state index in [2.05, 4.69) is 16.4 Å². The summed E-state index contributed by atoms with van der Waals surface area (Å²) < 4.78 is 11.3. The SMILES string of the molecule is CC(C)(C)OC(=O)NCC1(COc2cncc(-c3ccc(C#N)cc3)c2)CC1. The lowest BCUT2D eigenvalue weighted by Crippen LogP contribution is -2.37. The summed E-state index contributed by atoms with van der Waals surface area (Å²) in [7, 11) is 0. The first-order chi connectivity index (χ1) is 13.3. The van der Waals surface area contributed by atoms with Gasteiger partial charge in [0.15, 0.2) is 0 Å². The first-order valence-electron chi connectivity index (χ1n) is 9.34. The number of carbonyl (C=O) groups excluding carboxylic acids is 1. The van der Waals surface area contributed by atoms with E-state index in [1.165, 1.54) is 0 Å². The van der Waals surface area contributed by atoms with Crippen LogP contribution in [0.4, 0.5) is 4.79 Å². The van der Waals surface area contributed by atoms with Crippen molar-refractivity contribution in [2.75, 3.05) is 13.2 Å². The molecule has 6 nitrogen and oxygen atoms in total. The smallest absolute Gasteiger partial charge is 0.407 e. The highest BCUT2D eigenvalue weighted by Gasteiger charge is 2.44. The number of alkyl carbamates (subject to hydrolysis) is 1. The molecule has 2 aromatic rings. The molecule has 1 aromatic carbocycles. The van der Waals surface area contributed by atoms with E-state index in [1.54, 1.807) is 24.5 Å². The molecule has 6 heteroatoms. The molecular weight excluding hydrogens is 354 g/mol. The second-order valence-corrected chi connectivity index (χ2v) is 8.24. The van der Waals surface area contributed by atoms with Crippen molar-refractivity contribution in [3.63, 3.8) is 0 Å². The van der Waals surface area contributed by atoms with Crippen molar-refractivity contribution < 1.29 is 14.3 Å². The van der Waals surface area contributed by atoms with Gasteiger partial charge in [-0.3, -0.25) is 4.98 Å². The molecule has 28 heavy (non-hydrogen) atoms. The van der Waals surface area contributed by atoms with Gasteiger partial charge in [0.2, 0.25) is 0 Å². The number of nitriles is 1. The van der Waals surface area contributed by atoms with Gasteiger partial charge < -0.3 is 14.8 Å². The number of hydrogen-bond acceptors (Lipinski definition) is 5. The predicted molar refractivity (Wildman–Crippen MR) is 106 cm³/mol. The number of rotatable bonds is 6. The fraction of sp³-hybridized carbons (Fsp3) is 0.409. The monoisotopic (exact) mass is 379 g/mol. The zero-order valence-electron chi connectivity index (χ0n) is 16.5. The minimum absolute atomic E-state index is 0.0403. The molecule has 0 saturated heterocycles. The Kier molecular flexibility index (Phi) is 5.55. The van der Waals surface area contributed by atoms with E-state index in [1.807, 2.05) is 39.0 Å². The van der Waals surface area contributed by atoms with Crippen LogP contribution in [0.1, 0.15) is 39.2 Å². The Hall–Kier alpha value is -3.07. The minimum atomic E-state index is -0.505. The summed E-state index contributed by atoms with van der Waals surface area (Å²) in [4.78, 5) is 16.1. The average Bonchev–Trinajstić information content (AvgIpc) is 3.44. The van der Waals surface area contributed by atoms with Gasteiger partial charge in [-0.15, -0.1) is 0 Å². The molecule has 1 amide bonds. The third-order valence-corrected chi connectivity index (χ3v) is 4.57. The molecule has 0 radical (unpaired) electrons. The Morgan fingerprint density at radius 2 is 1.93 bits per heavy atom. The van der Waals surface area contributed by atoms with Gasteiger partial charge in [-0.25, -0.2) is 4.79 Å². The predicted octanol–water partition coefficient (Wildman–Crippen LogP) is 4.30. The standard InChI is InChI=1S/C22H25N3O3/c1-21(2,3)28-20(26)25-14-22(8-9-22)15-27-19-10-18(12-24-13-19)17-6-4-16(11-23)5-7-17/h4-7,10,12-13H,8-9,14-15H2,1-3H3,(H,25,26). The number of amides is 1. The molecule has 1 fully saturated rings. The maximum Gasteiger partial charge on any atom is 0.407 e. The van der Waals surface area contributed by atoms with E-state index in [9.17, 15) is 4.79 Å². The van der Waals surface area contributed by atoms with Crippen LogP contribution in [0.3, 0.4) is 0 Å². The Labute approximate surface area is 165 Å². The highest BCUT2D eigenvalue weighted by atomic mass is 16.6. The van der Waals surface area contributed by atoms with Crippen LogP contribution in [0, 0.1) is 16.7 Å². The van der Waals surface area contributed by atoms with E-state index in [-0.39, 0.29) is 5.41 Å². The zero-order valence-corrected chi connectivity index (χ0v) is 16.5. The van der Waals surface area contributed by atoms with Crippen LogP contribution < -0.4 is 10.1 Å². The van der Waals surface area contributed by atoms with Crippen molar-refractivity contribution in [3.05, 3.63) is 48.3 Å². The van der Waals surface area contributed by atoms with Crippen LogP contribution in [0.15, 0.2) is 42.7 Å². The summed E-state index contributed by atoms with van der Waals surface area (Å²) in [5, 5.41) is 11.8. The number of benzene rings is 1. The van der Waals surface area contributed by atoms with Gasteiger partial charge in [0.25, 0.3) is 0 Å². The first kappa shape index (κ1) is 19.7. The fourth-order valence-electron chi connectivity index (χ4n) is 2.75. The number of hydrogen-bond donors (Lipinski definition) is 1. The Morgan fingerprint density at radius 1 is 1.21 bits per heavy atom. The third kappa shape index (κ3) is 5.46. The topological polar surface area (TPSA) is 84.2 Å². The highest BCUT2D eigenvalue weighted by Crippen LogP contribution is 2.45. The van der Waals surface area contributed by atoms with Crippen molar-refractivity contribution in [2.24, 2.45) is 5.41 Å². The summed E-state index contributed by atoms with van der Waals surface area (Å²) in [6, 6.07) is 11.4. The fourth-order valence-corrected chi connectivity index (χ4v) is 2.75. The molecule has 0 atom stereocenters. The average molecular weight is 379 g/mol. The summed E-state index contributed by atoms with van der Waals surface area (Å²) in [5.41, 5.74) is 1.98. The van der Waals surface area contributed by atoms with Gasteiger partial charge >= 0.3 is 6.09 Å². The molecular formula is C22H25N3O3. The van der Waals surface area contributed by atoms with E-state index in [0.29, 0.717) is 24.5 Å². The third-order valence-electron chi connectivity index (χ3n) is 4.57. The van der Waals surface area contributed by atoms with Crippen LogP contribution in [-0.2, 0) is 4.74 Å². The maximum atomic E-state index is 11.9. The Balaban J connectivity index is 1.56. The normalized spacial score (nSPS) is 14.6. The molecule has 146 valence electrons. The lowest BCUT2D eigenvalue weighted by molar-refractivity contribution is 0.0509. The van der Waals surface area contributed by atoms with Crippen LogP contribution in [0.5, 0.6) is 5.75 Å². The molecule has 1 aromatic heterocycles. The van der Waals surface area contributed by atoms with Crippen LogP contribution in [0.2, 0.25) is 0 Å². The van der Waals surface area contributed by atoms with Crippen molar-refractivity contribution in [2.45, 2.75) is 39.2 Å². The second kappa shape index (κ2) is 7.89. The number of ether oxygens (including phenoxy) is 2. The van der Waals surface area contributed by atoms with Crippen LogP contribution >= 0.6 is 0 Å². The number of nitrogens with zero attached hydrogens (tertiary/aromatic N) is 2. The molecule has 1 saturated carbocycles. The summed E-state index contributed by atoms with van der Waals surface area (Å²) >= 11 is 0. The van der Waals surface area contributed by atoms with E-state index in [4.69, 9.17) is 14.7 Å². The number of aromatic nitrogens is 1. The number of pyridine rings is 1. The summed E-state index contributed by atoms with van der Waals surface area (Å²) in [6.07, 6.45) is 5.07. The van der Waals surface area contributed by atoms with Crippen molar-refractivity contribution in [3.8, 4) is 22.9 Å².